The standard InChI is InChI=1S/C8H12N6/c1-3-6-4-7(14(2)11-6)5-8-9-12-13-10-8/h4H,3,5H2,1-2H3,(H,9,10,12,13). The molecule has 0 aromatic carbocycles. The molecule has 0 bridgehead atoms. The van der Waals surface area contributed by atoms with Gasteiger partial charge in [0.1, 0.15) is 0 Å². The van der Waals surface area contributed by atoms with Gasteiger partial charge in [-0.05, 0) is 12.5 Å². The van der Waals surface area contributed by atoms with E-state index in [0.29, 0.717) is 12.2 Å². The summed E-state index contributed by atoms with van der Waals surface area (Å²) in [4.78, 5) is 0. The molecular weight excluding hydrogens is 180 g/mol. The van der Waals surface area contributed by atoms with Crippen molar-refractivity contribution in [2.75, 3.05) is 0 Å². The fourth-order valence-corrected chi connectivity index (χ4v) is 1.33. The first-order valence-corrected chi connectivity index (χ1v) is 4.53. The second-order valence-electron chi connectivity index (χ2n) is 3.11. The lowest BCUT2D eigenvalue weighted by Crippen LogP contribution is -2.00. The Hall–Kier alpha value is -1.72. The maximum Gasteiger partial charge on any atom is 0.180 e. The van der Waals surface area contributed by atoms with Crippen LogP contribution in [0.25, 0.3) is 0 Å². The summed E-state index contributed by atoms with van der Waals surface area (Å²) in [5.74, 6) is 0.690. The van der Waals surface area contributed by atoms with Crippen LogP contribution in [0.1, 0.15) is 24.1 Å². The number of H-pyrrole nitrogens is 1. The van der Waals surface area contributed by atoms with Crippen LogP contribution in [0.15, 0.2) is 6.07 Å². The molecule has 0 saturated heterocycles. The topological polar surface area (TPSA) is 72.3 Å². The van der Waals surface area contributed by atoms with Crippen LogP contribution in [-0.2, 0) is 19.9 Å². The highest BCUT2D eigenvalue weighted by Crippen LogP contribution is 2.06. The monoisotopic (exact) mass is 192 g/mol. The molecule has 14 heavy (non-hydrogen) atoms. The van der Waals surface area contributed by atoms with Crippen molar-refractivity contribution in [3.63, 3.8) is 0 Å². The van der Waals surface area contributed by atoms with Crippen molar-refractivity contribution in [3.05, 3.63) is 23.3 Å². The summed E-state index contributed by atoms with van der Waals surface area (Å²) in [5, 5.41) is 18.1. The van der Waals surface area contributed by atoms with Crippen LogP contribution in [-0.4, -0.2) is 30.4 Å². The van der Waals surface area contributed by atoms with Crippen molar-refractivity contribution < 1.29 is 0 Å². The maximum atomic E-state index is 4.34. The van der Waals surface area contributed by atoms with E-state index in [2.05, 4.69) is 38.7 Å². The van der Waals surface area contributed by atoms with Gasteiger partial charge in [-0.25, -0.2) is 0 Å². The van der Waals surface area contributed by atoms with E-state index in [1.165, 1.54) is 0 Å². The first-order valence-electron chi connectivity index (χ1n) is 4.53. The molecule has 0 fully saturated rings. The predicted octanol–water partition coefficient (Wildman–Crippen LogP) is 0.0864. The van der Waals surface area contributed by atoms with E-state index in [1.807, 2.05) is 11.7 Å². The van der Waals surface area contributed by atoms with Crippen molar-refractivity contribution in [2.24, 2.45) is 7.05 Å². The number of hydrogen-bond donors (Lipinski definition) is 1. The molecule has 1 N–H and O–H groups in total. The molecule has 0 amide bonds. The number of rotatable bonds is 3. The SMILES string of the molecule is CCc1cc(Cc2nn[nH]n2)n(C)n1. The smallest absolute Gasteiger partial charge is 0.180 e. The van der Waals surface area contributed by atoms with Gasteiger partial charge in [-0.1, -0.05) is 12.1 Å². The van der Waals surface area contributed by atoms with E-state index in [-0.39, 0.29) is 0 Å². The maximum absolute atomic E-state index is 4.34. The highest BCUT2D eigenvalue weighted by Gasteiger charge is 2.07. The van der Waals surface area contributed by atoms with E-state index in [9.17, 15) is 0 Å². The van der Waals surface area contributed by atoms with E-state index in [1.54, 1.807) is 0 Å². The normalized spacial score (nSPS) is 10.7. The third kappa shape index (κ3) is 1.63. The van der Waals surface area contributed by atoms with Crippen molar-refractivity contribution in [2.45, 2.75) is 19.8 Å². The third-order valence-electron chi connectivity index (χ3n) is 2.12. The largest absolute Gasteiger partial charge is 0.272 e. The van der Waals surface area contributed by atoms with E-state index in [4.69, 9.17) is 0 Å². The van der Waals surface area contributed by atoms with Crippen LogP contribution in [0.3, 0.4) is 0 Å². The van der Waals surface area contributed by atoms with Gasteiger partial charge in [0.25, 0.3) is 0 Å². The Bertz CT molecular complexity index is 401. The van der Waals surface area contributed by atoms with E-state index in [0.717, 1.165) is 17.8 Å². The Morgan fingerprint density at radius 3 is 2.93 bits per heavy atom. The fourth-order valence-electron chi connectivity index (χ4n) is 1.33. The van der Waals surface area contributed by atoms with Crippen LogP contribution in [0, 0.1) is 0 Å². The average molecular weight is 192 g/mol. The van der Waals surface area contributed by atoms with Gasteiger partial charge in [0.15, 0.2) is 5.82 Å². The molecule has 0 aliphatic heterocycles. The van der Waals surface area contributed by atoms with Gasteiger partial charge in [0.05, 0.1) is 12.1 Å². The summed E-state index contributed by atoms with van der Waals surface area (Å²) in [5.41, 5.74) is 2.19. The molecule has 2 aromatic rings. The van der Waals surface area contributed by atoms with Crippen molar-refractivity contribution in [1.82, 2.24) is 30.4 Å². The molecule has 0 aliphatic rings. The summed E-state index contributed by atoms with van der Waals surface area (Å²) in [6.45, 7) is 2.08. The van der Waals surface area contributed by atoms with Crippen LogP contribution in [0.2, 0.25) is 0 Å². The minimum atomic E-state index is 0.667. The quantitative estimate of drug-likeness (QED) is 0.747. The summed E-state index contributed by atoms with van der Waals surface area (Å²) in [7, 11) is 1.93. The molecule has 74 valence electrons. The van der Waals surface area contributed by atoms with Crippen molar-refractivity contribution in [1.29, 1.82) is 0 Å². The number of tetrazole rings is 1. The van der Waals surface area contributed by atoms with Gasteiger partial charge in [-0.2, -0.15) is 10.3 Å². The van der Waals surface area contributed by atoms with Crippen molar-refractivity contribution in [3.8, 4) is 0 Å². The number of aryl methyl sites for hydroxylation is 2. The number of aromatic amines is 1. The Kier molecular flexibility index (Phi) is 2.26. The third-order valence-corrected chi connectivity index (χ3v) is 2.12. The highest BCUT2D eigenvalue weighted by molar-refractivity contribution is 5.13. The van der Waals surface area contributed by atoms with Crippen LogP contribution in [0.5, 0.6) is 0 Å². The minimum Gasteiger partial charge on any atom is -0.272 e. The zero-order valence-electron chi connectivity index (χ0n) is 8.23. The molecule has 2 heterocycles. The Balaban J connectivity index is 2.20. The zero-order chi connectivity index (χ0) is 9.97. The fraction of sp³-hybridized carbons (Fsp3) is 0.500. The predicted molar refractivity (Wildman–Crippen MR) is 49.6 cm³/mol. The lowest BCUT2D eigenvalue weighted by Gasteiger charge is -1.95. The minimum absolute atomic E-state index is 0.667. The summed E-state index contributed by atoms with van der Waals surface area (Å²) >= 11 is 0. The first-order chi connectivity index (χ1) is 6.79. The summed E-state index contributed by atoms with van der Waals surface area (Å²) in [6.07, 6.45) is 1.61. The van der Waals surface area contributed by atoms with Gasteiger partial charge < -0.3 is 0 Å². The number of nitrogens with zero attached hydrogens (tertiary/aromatic N) is 5. The summed E-state index contributed by atoms with van der Waals surface area (Å²) < 4.78 is 1.86. The zero-order valence-corrected chi connectivity index (χ0v) is 8.23. The Labute approximate surface area is 81.3 Å². The molecule has 0 atom stereocenters. The van der Waals surface area contributed by atoms with Crippen LogP contribution in [0.4, 0.5) is 0 Å². The second kappa shape index (κ2) is 3.57. The lowest BCUT2D eigenvalue weighted by atomic mass is 10.2. The van der Waals surface area contributed by atoms with Gasteiger partial charge in [-0.3, -0.25) is 4.68 Å². The average Bonchev–Trinajstić information content (AvgIpc) is 2.78. The molecule has 0 saturated carbocycles. The molecular formula is C8H12N6. The van der Waals surface area contributed by atoms with E-state index < -0.39 is 0 Å². The van der Waals surface area contributed by atoms with E-state index >= 15 is 0 Å². The van der Waals surface area contributed by atoms with Gasteiger partial charge in [0.2, 0.25) is 0 Å². The van der Waals surface area contributed by atoms with Gasteiger partial charge in [-0.15, -0.1) is 10.2 Å². The van der Waals surface area contributed by atoms with Gasteiger partial charge >= 0.3 is 0 Å². The number of hydrogen-bond acceptors (Lipinski definition) is 4. The second-order valence-corrected chi connectivity index (χ2v) is 3.11. The van der Waals surface area contributed by atoms with Crippen LogP contribution >= 0.6 is 0 Å². The number of nitrogens with one attached hydrogen (secondary N) is 1. The summed E-state index contributed by atoms with van der Waals surface area (Å²) in [6, 6.07) is 2.07. The van der Waals surface area contributed by atoms with Crippen molar-refractivity contribution >= 4 is 0 Å². The Morgan fingerprint density at radius 2 is 2.36 bits per heavy atom. The molecule has 6 nitrogen and oxygen atoms in total. The molecule has 0 spiro atoms. The Morgan fingerprint density at radius 1 is 1.50 bits per heavy atom. The molecule has 0 unspecified atom stereocenters. The molecule has 6 heteroatoms. The lowest BCUT2D eigenvalue weighted by molar-refractivity contribution is 0.703. The first kappa shape index (κ1) is 8.86. The highest BCUT2D eigenvalue weighted by atomic mass is 15.5. The number of aromatic nitrogens is 6. The van der Waals surface area contributed by atoms with Crippen LogP contribution < -0.4 is 0 Å². The molecule has 0 radical (unpaired) electrons. The van der Waals surface area contributed by atoms with Gasteiger partial charge in [0, 0.05) is 12.7 Å². The molecule has 2 aromatic heterocycles. The molecule has 0 aliphatic carbocycles. The molecule has 2 rings (SSSR count).